The number of para-hydroxylation sites is 1. The molecule has 0 fully saturated rings. The maximum Gasteiger partial charge on any atom is 0.322 e. The molecule has 2 rings (SSSR count). The van der Waals surface area contributed by atoms with Crippen molar-refractivity contribution >= 4 is 23.3 Å². The highest BCUT2D eigenvalue weighted by atomic mass is 35.5. The molecule has 0 spiro atoms. The van der Waals surface area contributed by atoms with Crippen molar-refractivity contribution in [1.82, 2.24) is 14.5 Å². The normalized spacial score (nSPS) is 10.5. The van der Waals surface area contributed by atoms with Crippen LogP contribution in [0.25, 0.3) is 0 Å². The van der Waals surface area contributed by atoms with Gasteiger partial charge in [-0.3, -0.25) is 0 Å². The van der Waals surface area contributed by atoms with E-state index in [9.17, 15) is 9.90 Å². The minimum absolute atomic E-state index is 0.147. The number of urea groups is 1. The lowest BCUT2D eigenvalue weighted by molar-refractivity contribution is 0.183. The lowest BCUT2D eigenvalue weighted by Gasteiger charge is -2.23. The van der Waals surface area contributed by atoms with E-state index in [2.05, 4.69) is 10.3 Å². The van der Waals surface area contributed by atoms with Crippen molar-refractivity contribution in [2.75, 3.05) is 25.1 Å². The summed E-state index contributed by atoms with van der Waals surface area (Å²) in [4.78, 5) is 18.2. The summed E-state index contributed by atoms with van der Waals surface area (Å²) in [6.45, 7) is 2.59. The van der Waals surface area contributed by atoms with Crippen LogP contribution in [0.4, 0.5) is 10.5 Å². The molecule has 0 aliphatic carbocycles. The van der Waals surface area contributed by atoms with Gasteiger partial charge in [-0.05, 0) is 19.1 Å². The molecule has 1 aromatic carbocycles. The van der Waals surface area contributed by atoms with Crippen LogP contribution in [0.15, 0.2) is 30.6 Å². The Morgan fingerprint density at radius 3 is 2.92 bits per heavy atom. The number of carbonyl (C=O) groups is 1. The van der Waals surface area contributed by atoms with Crippen molar-refractivity contribution in [2.24, 2.45) is 7.05 Å². The first-order valence-electron chi connectivity index (χ1n) is 7.61. The second-order valence-corrected chi connectivity index (χ2v) is 5.49. The van der Waals surface area contributed by atoms with Crippen LogP contribution < -0.4 is 10.1 Å². The van der Waals surface area contributed by atoms with E-state index in [1.165, 1.54) is 4.90 Å². The minimum atomic E-state index is -0.365. The number of carbonyl (C=O) groups excluding carboxylic acids is 1. The van der Waals surface area contributed by atoms with Crippen LogP contribution in [0.1, 0.15) is 12.7 Å². The Hall–Kier alpha value is -2.25. The molecule has 7 nitrogen and oxygen atoms in total. The summed E-state index contributed by atoms with van der Waals surface area (Å²) in [6, 6.07) is 4.78. The Bertz CT molecular complexity index is 690. The third-order valence-electron chi connectivity index (χ3n) is 3.41. The maximum absolute atomic E-state index is 12.6. The average molecular weight is 353 g/mol. The zero-order chi connectivity index (χ0) is 17.5. The maximum atomic E-state index is 12.6. The number of anilines is 1. The quantitative estimate of drug-likeness (QED) is 0.802. The Morgan fingerprint density at radius 2 is 2.29 bits per heavy atom. The van der Waals surface area contributed by atoms with Gasteiger partial charge in [0.25, 0.3) is 0 Å². The summed E-state index contributed by atoms with van der Waals surface area (Å²) in [7, 11) is 1.85. The van der Waals surface area contributed by atoms with Gasteiger partial charge in [0.15, 0.2) is 5.75 Å². The highest BCUT2D eigenvalue weighted by molar-refractivity contribution is 6.32. The lowest BCUT2D eigenvalue weighted by atomic mass is 10.3. The second kappa shape index (κ2) is 8.56. The summed E-state index contributed by atoms with van der Waals surface area (Å²) in [5, 5.41) is 12.4. The molecule has 0 bridgehead atoms. The van der Waals surface area contributed by atoms with E-state index in [-0.39, 0.29) is 25.7 Å². The molecule has 0 saturated heterocycles. The smallest absolute Gasteiger partial charge is 0.322 e. The van der Waals surface area contributed by atoms with E-state index >= 15 is 0 Å². The Kier molecular flexibility index (Phi) is 6.45. The molecule has 1 aromatic heterocycles. The zero-order valence-corrected chi connectivity index (χ0v) is 14.5. The molecule has 8 heteroatoms. The molecule has 0 unspecified atom stereocenters. The Morgan fingerprint density at radius 1 is 1.50 bits per heavy atom. The number of aliphatic hydroxyl groups is 1. The van der Waals surface area contributed by atoms with Crippen LogP contribution in [0, 0.1) is 0 Å². The number of hydrogen-bond donors (Lipinski definition) is 2. The van der Waals surface area contributed by atoms with Gasteiger partial charge in [0, 0.05) is 26.0 Å². The van der Waals surface area contributed by atoms with Crippen LogP contribution in [0.2, 0.25) is 5.02 Å². The molecule has 2 amide bonds. The van der Waals surface area contributed by atoms with Crippen molar-refractivity contribution in [3.63, 3.8) is 0 Å². The summed E-state index contributed by atoms with van der Waals surface area (Å²) >= 11 is 6.13. The summed E-state index contributed by atoms with van der Waals surface area (Å²) in [5.41, 5.74) is 0.483. The van der Waals surface area contributed by atoms with Gasteiger partial charge in [0.1, 0.15) is 5.82 Å². The molecule has 2 aromatic rings. The van der Waals surface area contributed by atoms with Gasteiger partial charge in [0.05, 0.1) is 30.5 Å². The number of nitrogens with one attached hydrogen (secondary N) is 1. The molecule has 24 heavy (non-hydrogen) atoms. The van der Waals surface area contributed by atoms with Gasteiger partial charge in [-0.1, -0.05) is 17.7 Å². The first-order chi connectivity index (χ1) is 11.6. The van der Waals surface area contributed by atoms with E-state index in [4.69, 9.17) is 16.3 Å². The van der Waals surface area contributed by atoms with Crippen molar-refractivity contribution in [2.45, 2.75) is 13.5 Å². The van der Waals surface area contributed by atoms with E-state index in [1.54, 1.807) is 30.6 Å². The average Bonchev–Trinajstić information content (AvgIpc) is 2.95. The molecule has 2 N–H and O–H groups in total. The van der Waals surface area contributed by atoms with Crippen LogP contribution in [0.3, 0.4) is 0 Å². The molecule has 0 saturated carbocycles. The monoisotopic (exact) mass is 352 g/mol. The number of aryl methyl sites for hydroxylation is 1. The van der Waals surface area contributed by atoms with Gasteiger partial charge in [-0.2, -0.15) is 0 Å². The zero-order valence-electron chi connectivity index (χ0n) is 13.7. The topological polar surface area (TPSA) is 79.6 Å². The number of hydrogen-bond acceptors (Lipinski definition) is 4. The standard InChI is InChI=1S/C16H21ClN4O3/c1-3-24-15-12(17)5-4-6-13(15)19-16(23)21(9-10-22)11-14-18-7-8-20(14)2/h4-8,22H,3,9-11H2,1-2H3,(H,19,23). The van der Waals surface area contributed by atoms with Crippen LogP contribution in [0.5, 0.6) is 5.75 Å². The number of aliphatic hydroxyl groups excluding tert-OH is 1. The first-order valence-corrected chi connectivity index (χ1v) is 7.98. The number of rotatable bonds is 7. The third-order valence-corrected chi connectivity index (χ3v) is 3.71. The molecule has 1 heterocycles. The number of aromatic nitrogens is 2. The van der Waals surface area contributed by atoms with E-state index < -0.39 is 0 Å². The molecular weight excluding hydrogens is 332 g/mol. The fourth-order valence-corrected chi connectivity index (χ4v) is 2.41. The fourth-order valence-electron chi connectivity index (χ4n) is 2.19. The van der Waals surface area contributed by atoms with E-state index in [1.807, 2.05) is 18.5 Å². The van der Waals surface area contributed by atoms with Crippen LogP contribution >= 0.6 is 11.6 Å². The predicted molar refractivity (Wildman–Crippen MR) is 92.3 cm³/mol. The molecule has 130 valence electrons. The predicted octanol–water partition coefficient (Wildman–Crippen LogP) is 2.50. The molecule has 0 radical (unpaired) electrons. The number of nitrogens with zero attached hydrogens (tertiary/aromatic N) is 3. The highest BCUT2D eigenvalue weighted by Crippen LogP contribution is 2.33. The fraction of sp³-hybridized carbons (Fsp3) is 0.375. The van der Waals surface area contributed by atoms with Crippen molar-refractivity contribution in [3.05, 3.63) is 41.4 Å². The van der Waals surface area contributed by atoms with Gasteiger partial charge in [-0.15, -0.1) is 0 Å². The second-order valence-electron chi connectivity index (χ2n) is 5.08. The SMILES string of the molecule is CCOc1c(Cl)cccc1NC(=O)N(CCO)Cc1nccn1C. The Balaban J connectivity index is 2.16. The summed E-state index contributed by atoms with van der Waals surface area (Å²) < 4.78 is 7.32. The van der Waals surface area contributed by atoms with Crippen LogP contribution in [-0.2, 0) is 13.6 Å². The van der Waals surface area contributed by atoms with E-state index in [0.717, 1.165) is 5.82 Å². The number of halogens is 1. The number of ether oxygens (including phenoxy) is 1. The summed E-state index contributed by atoms with van der Waals surface area (Å²) in [6.07, 6.45) is 3.46. The third kappa shape index (κ3) is 4.39. The van der Waals surface area contributed by atoms with Crippen molar-refractivity contribution < 1.29 is 14.6 Å². The summed E-state index contributed by atoms with van der Waals surface area (Å²) in [5.74, 6) is 1.14. The van der Waals surface area contributed by atoms with Gasteiger partial charge < -0.3 is 24.6 Å². The minimum Gasteiger partial charge on any atom is -0.490 e. The highest BCUT2D eigenvalue weighted by Gasteiger charge is 2.18. The van der Waals surface area contributed by atoms with Crippen molar-refractivity contribution in [3.8, 4) is 5.75 Å². The number of benzene rings is 1. The molecule has 0 aliphatic heterocycles. The van der Waals surface area contributed by atoms with Gasteiger partial charge >= 0.3 is 6.03 Å². The number of imidazole rings is 1. The number of amides is 2. The van der Waals surface area contributed by atoms with Crippen LogP contribution in [-0.4, -0.2) is 45.3 Å². The largest absolute Gasteiger partial charge is 0.490 e. The molecule has 0 atom stereocenters. The van der Waals surface area contributed by atoms with Crippen molar-refractivity contribution in [1.29, 1.82) is 0 Å². The Labute approximate surface area is 145 Å². The molecule has 0 aliphatic rings. The first kappa shape index (κ1) is 18.1. The lowest BCUT2D eigenvalue weighted by Crippen LogP contribution is -2.37. The van der Waals surface area contributed by atoms with Gasteiger partial charge in [0.2, 0.25) is 0 Å². The molecular formula is C16H21ClN4O3. The van der Waals surface area contributed by atoms with Gasteiger partial charge in [-0.25, -0.2) is 9.78 Å². The van der Waals surface area contributed by atoms with E-state index in [0.29, 0.717) is 23.1 Å².